The summed E-state index contributed by atoms with van der Waals surface area (Å²) < 4.78 is 27.2. The van der Waals surface area contributed by atoms with Crippen molar-refractivity contribution in [3.63, 3.8) is 0 Å². The first kappa shape index (κ1) is 21.3. The number of hydrogen-bond acceptors (Lipinski definition) is 3. The summed E-state index contributed by atoms with van der Waals surface area (Å²) in [7, 11) is -3.49. The Bertz CT molecular complexity index is 1200. The molecule has 4 rings (SSSR count). The maximum atomic E-state index is 12.8. The van der Waals surface area contributed by atoms with Crippen molar-refractivity contribution < 1.29 is 13.2 Å². The smallest absolute Gasteiger partial charge is 0.248 e. The van der Waals surface area contributed by atoms with E-state index in [2.05, 4.69) is 12.2 Å². The number of sulfonamides is 1. The van der Waals surface area contributed by atoms with Crippen LogP contribution in [0.15, 0.2) is 77.7 Å². The summed E-state index contributed by atoms with van der Waals surface area (Å²) in [5, 5.41) is 4.99. The molecule has 1 aliphatic heterocycles. The largest absolute Gasteiger partial charge is 0.323 e. The molecule has 1 amide bonds. The second kappa shape index (κ2) is 9.04. The summed E-state index contributed by atoms with van der Waals surface area (Å²) >= 11 is 0. The van der Waals surface area contributed by atoms with Gasteiger partial charge >= 0.3 is 0 Å². The van der Waals surface area contributed by atoms with E-state index < -0.39 is 10.0 Å². The lowest BCUT2D eigenvalue weighted by atomic mass is 10.0. The van der Waals surface area contributed by atoms with Crippen LogP contribution in [0, 0.1) is 5.92 Å². The standard InChI is InChI=1S/C25H26N2O3S/c1-19-15-17-27(18-16-19)31(29,30)23-12-10-22(11-13-23)26-25(28)14-9-21-7-4-6-20-5-2-3-8-24(20)21/h2-14,19H,15-18H2,1H3,(H,26,28). The van der Waals surface area contributed by atoms with Gasteiger partial charge in [0.1, 0.15) is 0 Å². The highest BCUT2D eigenvalue weighted by atomic mass is 32.2. The van der Waals surface area contributed by atoms with Crippen molar-refractivity contribution in [2.75, 3.05) is 18.4 Å². The van der Waals surface area contributed by atoms with Crippen molar-refractivity contribution in [3.8, 4) is 0 Å². The maximum Gasteiger partial charge on any atom is 0.248 e. The SMILES string of the molecule is CC1CCN(S(=O)(=O)c2ccc(NC(=O)C=Cc3cccc4ccccc34)cc2)CC1. The van der Waals surface area contributed by atoms with Gasteiger partial charge in [0.05, 0.1) is 4.90 Å². The van der Waals surface area contributed by atoms with E-state index in [0.29, 0.717) is 24.7 Å². The zero-order valence-electron chi connectivity index (χ0n) is 17.5. The summed E-state index contributed by atoms with van der Waals surface area (Å²) in [6.07, 6.45) is 5.04. The van der Waals surface area contributed by atoms with Gasteiger partial charge in [-0.3, -0.25) is 4.79 Å². The summed E-state index contributed by atoms with van der Waals surface area (Å²) in [6, 6.07) is 20.3. The third-order valence-electron chi connectivity index (χ3n) is 5.74. The Morgan fingerprint density at radius 1 is 0.968 bits per heavy atom. The van der Waals surface area contributed by atoms with Crippen LogP contribution in [0.1, 0.15) is 25.3 Å². The molecule has 0 spiro atoms. The quantitative estimate of drug-likeness (QED) is 0.580. The molecule has 3 aromatic carbocycles. The molecule has 160 valence electrons. The minimum Gasteiger partial charge on any atom is -0.323 e. The van der Waals surface area contributed by atoms with Gasteiger partial charge < -0.3 is 5.32 Å². The van der Waals surface area contributed by atoms with Gasteiger partial charge in [-0.1, -0.05) is 49.4 Å². The summed E-state index contributed by atoms with van der Waals surface area (Å²) in [4.78, 5) is 12.6. The van der Waals surface area contributed by atoms with Crippen molar-refractivity contribution in [1.82, 2.24) is 4.31 Å². The second-order valence-corrected chi connectivity index (χ2v) is 9.94. The Kier molecular flexibility index (Phi) is 6.20. The Morgan fingerprint density at radius 3 is 2.39 bits per heavy atom. The molecule has 1 saturated heterocycles. The highest BCUT2D eigenvalue weighted by Gasteiger charge is 2.27. The van der Waals surface area contributed by atoms with Crippen LogP contribution in [-0.2, 0) is 14.8 Å². The van der Waals surface area contributed by atoms with E-state index in [9.17, 15) is 13.2 Å². The fourth-order valence-corrected chi connectivity index (χ4v) is 5.30. The molecule has 1 N–H and O–H groups in total. The van der Waals surface area contributed by atoms with Crippen LogP contribution < -0.4 is 5.32 Å². The number of carbonyl (C=O) groups is 1. The lowest BCUT2D eigenvalue weighted by Gasteiger charge is -2.29. The zero-order chi connectivity index (χ0) is 21.8. The van der Waals surface area contributed by atoms with E-state index in [4.69, 9.17) is 0 Å². The molecule has 0 aromatic heterocycles. The molecular formula is C25H26N2O3S. The first-order valence-electron chi connectivity index (χ1n) is 10.5. The molecule has 0 bridgehead atoms. The van der Waals surface area contributed by atoms with Crippen molar-refractivity contribution >= 4 is 38.5 Å². The van der Waals surface area contributed by atoms with Crippen LogP contribution in [0.3, 0.4) is 0 Å². The number of carbonyl (C=O) groups excluding carboxylic acids is 1. The van der Waals surface area contributed by atoms with Crippen LogP contribution in [0.25, 0.3) is 16.8 Å². The molecule has 5 nitrogen and oxygen atoms in total. The van der Waals surface area contributed by atoms with Gasteiger partial charge in [-0.05, 0) is 65.4 Å². The molecule has 31 heavy (non-hydrogen) atoms. The average Bonchev–Trinajstić information content (AvgIpc) is 2.78. The first-order valence-corrected chi connectivity index (χ1v) is 11.9. The molecular weight excluding hydrogens is 408 g/mol. The second-order valence-electron chi connectivity index (χ2n) is 8.00. The monoisotopic (exact) mass is 434 g/mol. The van der Waals surface area contributed by atoms with Crippen LogP contribution >= 0.6 is 0 Å². The molecule has 1 fully saturated rings. The number of rotatable bonds is 5. The molecule has 0 radical (unpaired) electrons. The number of fused-ring (bicyclic) bond motifs is 1. The number of piperidine rings is 1. The Balaban J connectivity index is 1.43. The predicted molar refractivity (Wildman–Crippen MR) is 125 cm³/mol. The van der Waals surface area contributed by atoms with Gasteiger partial charge in [0.15, 0.2) is 0 Å². The minimum atomic E-state index is -3.49. The van der Waals surface area contributed by atoms with Gasteiger partial charge in [-0.25, -0.2) is 8.42 Å². The molecule has 0 aliphatic carbocycles. The lowest BCUT2D eigenvalue weighted by Crippen LogP contribution is -2.37. The van der Waals surface area contributed by atoms with Gasteiger partial charge in [0.2, 0.25) is 15.9 Å². The van der Waals surface area contributed by atoms with Gasteiger partial charge in [-0.2, -0.15) is 4.31 Å². The van der Waals surface area contributed by atoms with Crippen LogP contribution in [0.4, 0.5) is 5.69 Å². The van der Waals surface area contributed by atoms with E-state index in [1.54, 1.807) is 34.6 Å². The van der Waals surface area contributed by atoms with Crippen molar-refractivity contribution in [1.29, 1.82) is 0 Å². The number of amides is 1. The summed E-state index contributed by atoms with van der Waals surface area (Å²) in [6.45, 7) is 3.26. The van der Waals surface area contributed by atoms with E-state index in [1.807, 2.05) is 42.5 Å². The number of benzene rings is 3. The molecule has 0 unspecified atom stereocenters. The van der Waals surface area contributed by atoms with Gasteiger partial charge in [-0.15, -0.1) is 0 Å². The van der Waals surface area contributed by atoms with E-state index in [1.165, 1.54) is 6.08 Å². The highest BCUT2D eigenvalue weighted by molar-refractivity contribution is 7.89. The minimum absolute atomic E-state index is 0.256. The predicted octanol–water partition coefficient (Wildman–Crippen LogP) is 4.91. The van der Waals surface area contributed by atoms with Crippen molar-refractivity contribution in [3.05, 3.63) is 78.4 Å². The zero-order valence-corrected chi connectivity index (χ0v) is 18.3. The first-order chi connectivity index (χ1) is 14.9. The topological polar surface area (TPSA) is 66.5 Å². The number of hydrogen-bond donors (Lipinski definition) is 1. The molecule has 3 aromatic rings. The molecule has 1 heterocycles. The number of nitrogens with zero attached hydrogens (tertiary/aromatic N) is 1. The third kappa shape index (κ3) is 4.86. The average molecular weight is 435 g/mol. The summed E-state index contributed by atoms with van der Waals surface area (Å²) in [5.41, 5.74) is 1.52. The Labute approximate surface area is 183 Å². The Hall–Kier alpha value is -2.96. The molecule has 0 atom stereocenters. The number of nitrogens with one attached hydrogen (secondary N) is 1. The molecule has 0 saturated carbocycles. The van der Waals surface area contributed by atoms with Crippen molar-refractivity contribution in [2.45, 2.75) is 24.7 Å². The Morgan fingerprint density at radius 2 is 1.65 bits per heavy atom. The molecule has 1 aliphatic rings. The molecule has 6 heteroatoms. The van der Waals surface area contributed by atoms with Crippen molar-refractivity contribution in [2.24, 2.45) is 5.92 Å². The van der Waals surface area contributed by atoms with Crippen LogP contribution in [-0.4, -0.2) is 31.7 Å². The third-order valence-corrected chi connectivity index (χ3v) is 7.65. The fraction of sp³-hybridized carbons (Fsp3) is 0.240. The normalized spacial score (nSPS) is 16.0. The summed E-state index contributed by atoms with van der Waals surface area (Å²) in [5.74, 6) is 0.291. The van der Waals surface area contributed by atoms with E-state index in [0.717, 1.165) is 29.2 Å². The van der Waals surface area contributed by atoms with Gasteiger partial charge in [0.25, 0.3) is 0 Å². The lowest BCUT2D eigenvalue weighted by molar-refractivity contribution is -0.111. The van der Waals surface area contributed by atoms with Crippen LogP contribution in [0.2, 0.25) is 0 Å². The van der Waals surface area contributed by atoms with Gasteiger partial charge in [0, 0.05) is 24.9 Å². The number of anilines is 1. The van der Waals surface area contributed by atoms with E-state index >= 15 is 0 Å². The van der Waals surface area contributed by atoms with Crippen LogP contribution in [0.5, 0.6) is 0 Å². The fourth-order valence-electron chi connectivity index (χ4n) is 3.83. The maximum absolute atomic E-state index is 12.8. The highest BCUT2D eigenvalue weighted by Crippen LogP contribution is 2.24. The van der Waals surface area contributed by atoms with E-state index in [-0.39, 0.29) is 10.8 Å².